The molecule has 1 unspecified atom stereocenters. The van der Waals surface area contributed by atoms with Gasteiger partial charge in [0.2, 0.25) is 0 Å². The Balaban J connectivity index is 1.61. The third-order valence-electron chi connectivity index (χ3n) is 6.12. The van der Waals surface area contributed by atoms with Gasteiger partial charge in [0.1, 0.15) is 6.10 Å². The van der Waals surface area contributed by atoms with Gasteiger partial charge in [0.25, 0.3) is 0 Å². The second kappa shape index (κ2) is 10.9. The fraction of sp³-hybridized carbons (Fsp3) is 0.156. The molecule has 0 fully saturated rings. The molecule has 0 saturated carbocycles. The number of nitrogens with zero attached hydrogens (tertiary/aromatic N) is 1. The van der Waals surface area contributed by atoms with Gasteiger partial charge in [-0.25, -0.2) is 4.79 Å². The summed E-state index contributed by atoms with van der Waals surface area (Å²) in [7, 11) is 0. The summed E-state index contributed by atoms with van der Waals surface area (Å²) >= 11 is 0. The minimum atomic E-state index is -0.400. The molecule has 35 heavy (non-hydrogen) atoms. The lowest BCUT2D eigenvalue weighted by Crippen LogP contribution is -2.09. The van der Waals surface area contributed by atoms with Gasteiger partial charge >= 0.3 is 5.97 Å². The standard InChI is InChI=1S/C32H31NO2/c1-5-31(35-32(34)6-2)27-13-11-25(12-14-27)26-15-21-30(22-16-26)33(28-17-7-23(3)8-18-28)29-19-9-24(4)10-20-29/h6-22,31H,2,5H2,1,3-4H3. The van der Waals surface area contributed by atoms with Crippen LogP contribution in [0.1, 0.15) is 36.1 Å². The molecule has 4 aromatic rings. The average Bonchev–Trinajstić information content (AvgIpc) is 2.90. The number of esters is 1. The maximum absolute atomic E-state index is 11.6. The molecule has 4 aromatic carbocycles. The van der Waals surface area contributed by atoms with Crippen LogP contribution in [-0.4, -0.2) is 5.97 Å². The van der Waals surface area contributed by atoms with Crippen LogP contribution in [0.3, 0.4) is 0 Å². The van der Waals surface area contributed by atoms with Gasteiger partial charge in [-0.05, 0) is 73.4 Å². The monoisotopic (exact) mass is 461 g/mol. The lowest BCUT2D eigenvalue weighted by atomic mass is 10.0. The van der Waals surface area contributed by atoms with Crippen molar-refractivity contribution < 1.29 is 9.53 Å². The minimum absolute atomic E-state index is 0.269. The number of carbonyl (C=O) groups is 1. The molecule has 0 saturated heterocycles. The Morgan fingerprint density at radius 3 is 1.54 bits per heavy atom. The van der Waals surface area contributed by atoms with Gasteiger partial charge in [0, 0.05) is 23.1 Å². The van der Waals surface area contributed by atoms with Gasteiger partial charge in [-0.3, -0.25) is 0 Å². The van der Waals surface area contributed by atoms with Gasteiger partial charge in [0.15, 0.2) is 0 Å². The number of ether oxygens (including phenoxy) is 1. The van der Waals surface area contributed by atoms with E-state index in [4.69, 9.17) is 4.74 Å². The topological polar surface area (TPSA) is 29.5 Å². The first kappa shape index (κ1) is 24.0. The third kappa shape index (κ3) is 5.70. The summed E-state index contributed by atoms with van der Waals surface area (Å²) in [6.07, 6.45) is 1.64. The zero-order valence-electron chi connectivity index (χ0n) is 20.6. The summed E-state index contributed by atoms with van der Waals surface area (Å²) in [5.74, 6) is -0.400. The fourth-order valence-corrected chi connectivity index (χ4v) is 4.10. The average molecular weight is 462 g/mol. The van der Waals surface area contributed by atoms with Crippen LogP contribution in [0.25, 0.3) is 11.1 Å². The molecule has 3 heteroatoms. The highest BCUT2D eigenvalue weighted by Crippen LogP contribution is 2.36. The summed E-state index contributed by atoms with van der Waals surface area (Å²) in [5, 5.41) is 0. The van der Waals surface area contributed by atoms with E-state index in [-0.39, 0.29) is 6.10 Å². The molecule has 0 aliphatic carbocycles. The molecule has 4 rings (SSSR count). The zero-order valence-corrected chi connectivity index (χ0v) is 20.6. The van der Waals surface area contributed by atoms with Crippen LogP contribution in [0.2, 0.25) is 0 Å². The third-order valence-corrected chi connectivity index (χ3v) is 6.12. The second-order valence-corrected chi connectivity index (χ2v) is 8.71. The van der Waals surface area contributed by atoms with Crippen molar-refractivity contribution in [1.82, 2.24) is 0 Å². The summed E-state index contributed by atoms with van der Waals surface area (Å²) in [4.78, 5) is 13.9. The first-order valence-electron chi connectivity index (χ1n) is 12.0. The zero-order chi connectivity index (χ0) is 24.8. The minimum Gasteiger partial charge on any atom is -0.454 e. The highest BCUT2D eigenvalue weighted by molar-refractivity contribution is 5.81. The van der Waals surface area contributed by atoms with Crippen LogP contribution < -0.4 is 4.90 Å². The van der Waals surface area contributed by atoms with Crippen LogP contribution in [0.5, 0.6) is 0 Å². The number of carbonyl (C=O) groups excluding carboxylic acids is 1. The van der Waals surface area contributed by atoms with Gasteiger partial charge < -0.3 is 9.64 Å². The van der Waals surface area contributed by atoms with E-state index in [1.54, 1.807) is 0 Å². The predicted octanol–water partition coefficient (Wildman–Crippen LogP) is 8.62. The largest absolute Gasteiger partial charge is 0.454 e. The molecule has 0 bridgehead atoms. The summed E-state index contributed by atoms with van der Waals surface area (Å²) in [6, 6.07) is 34.0. The quantitative estimate of drug-likeness (QED) is 0.194. The fourth-order valence-electron chi connectivity index (χ4n) is 4.10. The highest BCUT2D eigenvalue weighted by Gasteiger charge is 2.14. The summed E-state index contributed by atoms with van der Waals surface area (Å²) in [5.41, 5.74) is 9.04. The van der Waals surface area contributed by atoms with Crippen molar-refractivity contribution in [2.24, 2.45) is 0 Å². The number of anilines is 3. The first-order chi connectivity index (χ1) is 17.0. The molecule has 0 aliphatic rings. The van der Waals surface area contributed by atoms with Crippen molar-refractivity contribution >= 4 is 23.0 Å². The number of rotatable bonds is 8. The SMILES string of the molecule is C=CC(=O)OC(CC)c1ccc(-c2ccc(N(c3ccc(C)cc3)c3ccc(C)cc3)cc2)cc1. The molecule has 0 heterocycles. The Bertz CT molecular complexity index is 1230. The predicted molar refractivity (Wildman–Crippen MR) is 145 cm³/mol. The van der Waals surface area contributed by atoms with Crippen LogP contribution in [0.15, 0.2) is 110 Å². The van der Waals surface area contributed by atoms with Crippen LogP contribution >= 0.6 is 0 Å². The van der Waals surface area contributed by atoms with Crippen molar-refractivity contribution in [2.45, 2.75) is 33.3 Å². The maximum atomic E-state index is 11.6. The smallest absolute Gasteiger partial charge is 0.330 e. The first-order valence-corrected chi connectivity index (χ1v) is 12.0. The molecule has 0 amide bonds. The van der Waals surface area contributed by atoms with E-state index < -0.39 is 5.97 Å². The van der Waals surface area contributed by atoms with Crippen molar-refractivity contribution in [1.29, 1.82) is 0 Å². The van der Waals surface area contributed by atoms with Crippen molar-refractivity contribution in [3.8, 4) is 11.1 Å². The Morgan fingerprint density at radius 1 is 0.743 bits per heavy atom. The molecule has 0 N–H and O–H groups in total. The summed E-state index contributed by atoms with van der Waals surface area (Å²) < 4.78 is 5.46. The molecule has 0 aliphatic heterocycles. The van der Waals surface area contributed by atoms with Crippen LogP contribution in [0, 0.1) is 13.8 Å². The normalized spacial score (nSPS) is 11.5. The van der Waals surface area contributed by atoms with E-state index in [0.717, 1.165) is 33.8 Å². The molecule has 0 aromatic heterocycles. The summed E-state index contributed by atoms with van der Waals surface area (Å²) in [6.45, 7) is 9.69. The number of hydrogen-bond donors (Lipinski definition) is 0. The molecule has 1 atom stereocenters. The van der Waals surface area contributed by atoms with E-state index in [9.17, 15) is 4.79 Å². The van der Waals surface area contributed by atoms with Crippen LogP contribution in [-0.2, 0) is 9.53 Å². The van der Waals surface area contributed by atoms with Crippen molar-refractivity contribution in [3.05, 3.63) is 126 Å². The Morgan fingerprint density at radius 2 is 1.14 bits per heavy atom. The number of aryl methyl sites for hydroxylation is 2. The van der Waals surface area contributed by atoms with Gasteiger partial charge in [-0.15, -0.1) is 0 Å². The lowest BCUT2D eigenvalue weighted by Gasteiger charge is -2.26. The molecular weight excluding hydrogens is 430 g/mol. The number of benzene rings is 4. The maximum Gasteiger partial charge on any atom is 0.330 e. The molecule has 3 nitrogen and oxygen atoms in total. The van der Waals surface area contributed by atoms with Gasteiger partial charge in [-0.2, -0.15) is 0 Å². The molecule has 0 spiro atoms. The van der Waals surface area contributed by atoms with Crippen LogP contribution in [0.4, 0.5) is 17.1 Å². The second-order valence-electron chi connectivity index (χ2n) is 8.71. The highest BCUT2D eigenvalue weighted by atomic mass is 16.5. The van der Waals surface area contributed by atoms with E-state index in [2.05, 4.69) is 110 Å². The molecule has 176 valence electrons. The van der Waals surface area contributed by atoms with E-state index >= 15 is 0 Å². The van der Waals surface area contributed by atoms with Gasteiger partial charge in [-0.1, -0.05) is 85.3 Å². The Hall–Kier alpha value is -4.11. The Kier molecular flexibility index (Phi) is 7.47. The molecular formula is C32H31NO2. The lowest BCUT2D eigenvalue weighted by molar-refractivity contribution is -0.143. The van der Waals surface area contributed by atoms with Gasteiger partial charge in [0.05, 0.1) is 0 Å². The Labute approximate surface area is 208 Å². The number of hydrogen-bond acceptors (Lipinski definition) is 3. The van der Waals surface area contributed by atoms with E-state index in [1.165, 1.54) is 17.2 Å². The van der Waals surface area contributed by atoms with E-state index in [0.29, 0.717) is 6.42 Å². The van der Waals surface area contributed by atoms with Crippen molar-refractivity contribution in [3.63, 3.8) is 0 Å². The van der Waals surface area contributed by atoms with E-state index in [1.807, 2.05) is 19.1 Å². The van der Waals surface area contributed by atoms with Crippen molar-refractivity contribution in [2.75, 3.05) is 4.90 Å². The molecule has 0 radical (unpaired) electrons.